The second-order valence-corrected chi connectivity index (χ2v) is 7.95. The van der Waals surface area contributed by atoms with E-state index in [9.17, 15) is 0 Å². The maximum Gasteiger partial charge on any atom is 0.193 e. The summed E-state index contributed by atoms with van der Waals surface area (Å²) in [6.45, 7) is 6.82. The minimum absolute atomic E-state index is 0. The highest BCUT2D eigenvalue weighted by Gasteiger charge is 2.24. The van der Waals surface area contributed by atoms with E-state index in [2.05, 4.69) is 52.5 Å². The summed E-state index contributed by atoms with van der Waals surface area (Å²) in [5.74, 6) is 1.53. The molecule has 2 heterocycles. The van der Waals surface area contributed by atoms with Gasteiger partial charge in [0.1, 0.15) is 0 Å². The molecule has 1 N–H and O–H groups in total. The Labute approximate surface area is 193 Å². The Balaban J connectivity index is 0.00000300. The zero-order valence-electron chi connectivity index (χ0n) is 18.0. The third-order valence-electron chi connectivity index (χ3n) is 6.02. The Morgan fingerprint density at radius 2 is 1.97 bits per heavy atom. The van der Waals surface area contributed by atoms with Crippen LogP contribution in [0.1, 0.15) is 56.9 Å². The predicted molar refractivity (Wildman–Crippen MR) is 130 cm³/mol. The van der Waals surface area contributed by atoms with Crippen LogP contribution in [0.5, 0.6) is 0 Å². The first-order chi connectivity index (χ1) is 13.8. The lowest BCUT2D eigenvalue weighted by Crippen LogP contribution is -2.48. The van der Waals surface area contributed by atoms with Gasteiger partial charge in [-0.25, -0.2) is 0 Å². The minimum Gasteiger partial charge on any atom is -0.376 e. The van der Waals surface area contributed by atoms with Gasteiger partial charge in [0.15, 0.2) is 5.96 Å². The van der Waals surface area contributed by atoms with Crippen LogP contribution in [-0.4, -0.2) is 63.0 Å². The fourth-order valence-corrected chi connectivity index (χ4v) is 4.19. The van der Waals surface area contributed by atoms with E-state index in [0.29, 0.717) is 18.1 Å². The van der Waals surface area contributed by atoms with Crippen LogP contribution in [0.15, 0.2) is 35.3 Å². The van der Waals surface area contributed by atoms with Gasteiger partial charge in [0.2, 0.25) is 0 Å². The molecular formula is C23H38IN3O2. The number of hydrogen-bond donors (Lipinski definition) is 1. The van der Waals surface area contributed by atoms with Crippen molar-refractivity contribution < 1.29 is 9.47 Å². The van der Waals surface area contributed by atoms with Crippen molar-refractivity contribution in [1.29, 1.82) is 0 Å². The zero-order valence-corrected chi connectivity index (χ0v) is 20.3. The van der Waals surface area contributed by atoms with E-state index in [4.69, 9.17) is 9.47 Å². The molecule has 0 spiro atoms. The lowest BCUT2D eigenvalue weighted by molar-refractivity contribution is -0.0721. The molecule has 2 fully saturated rings. The number of rotatable bonds is 7. The normalized spacial score (nSPS) is 22.1. The van der Waals surface area contributed by atoms with Crippen molar-refractivity contribution in [2.24, 2.45) is 4.99 Å². The molecule has 0 amide bonds. The standard InChI is InChI=1S/C23H37N3O2.HI/c1-3-19(20-9-5-4-6-10-20)17-25-23(24-2)26-14-12-21(13-15-26)28-18-22-11-7-8-16-27-22;/h4-6,9-10,19,21-22H,3,7-8,11-18H2,1-2H3,(H,24,25);1H. The van der Waals surface area contributed by atoms with Crippen LogP contribution >= 0.6 is 24.0 Å². The number of nitrogens with one attached hydrogen (secondary N) is 1. The van der Waals surface area contributed by atoms with Crippen molar-refractivity contribution in [3.8, 4) is 0 Å². The number of aliphatic imine (C=N–C) groups is 1. The van der Waals surface area contributed by atoms with E-state index in [1.807, 2.05) is 7.05 Å². The van der Waals surface area contributed by atoms with Gasteiger partial charge in [-0.3, -0.25) is 4.99 Å². The molecule has 164 valence electrons. The first kappa shape index (κ1) is 24.4. The molecule has 2 unspecified atom stereocenters. The Morgan fingerprint density at radius 1 is 1.21 bits per heavy atom. The highest BCUT2D eigenvalue weighted by atomic mass is 127. The molecule has 5 nitrogen and oxygen atoms in total. The number of hydrogen-bond acceptors (Lipinski definition) is 3. The second-order valence-electron chi connectivity index (χ2n) is 7.95. The van der Waals surface area contributed by atoms with Crippen LogP contribution in [0.3, 0.4) is 0 Å². The van der Waals surface area contributed by atoms with Crippen molar-refractivity contribution in [3.63, 3.8) is 0 Å². The van der Waals surface area contributed by atoms with Crippen molar-refractivity contribution >= 4 is 29.9 Å². The predicted octanol–water partition coefficient (Wildman–Crippen LogP) is 4.42. The Kier molecular flexibility index (Phi) is 11.3. The van der Waals surface area contributed by atoms with Gasteiger partial charge in [0, 0.05) is 39.2 Å². The van der Waals surface area contributed by atoms with Crippen LogP contribution in [0.4, 0.5) is 0 Å². The molecule has 1 aromatic carbocycles. The van der Waals surface area contributed by atoms with E-state index >= 15 is 0 Å². The molecule has 0 aliphatic carbocycles. The monoisotopic (exact) mass is 515 g/mol. The van der Waals surface area contributed by atoms with Crippen molar-refractivity contribution in [1.82, 2.24) is 10.2 Å². The van der Waals surface area contributed by atoms with Gasteiger partial charge in [-0.1, -0.05) is 37.3 Å². The van der Waals surface area contributed by atoms with Crippen LogP contribution in [0, 0.1) is 0 Å². The Bertz CT molecular complexity index is 585. The second kappa shape index (κ2) is 13.4. The largest absolute Gasteiger partial charge is 0.376 e. The molecule has 0 saturated carbocycles. The number of likely N-dealkylation sites (tertiary alicyclic amines) is 1. The third-order valence-corrected chi connectivity index (χ3v) is 6.02. The highest BCUT2D eigenvalue weighted by molar-refractivity contribution is 14.0. The minimum atomic E-state index is 0. The van der Waals surface area contributed by atoms with Crippen LogP contribution < -0.4 is 5.32 Å². The summed E-state index contributed by atoms with van der Waals surface area (Å²) in [6.07, 6.45) is 7.52. The summed E-state index contributed by atoms with van der Waals surface area (Å²) in [5.41, 5.74) is 1.39. The molecule has 2 atom stereocenters. The maximum absolute atomic E-state index is 6.15. The number of guanidine groups is 1. The van der Waals surface area contributed by atoms with Gasteiger partial charge < -0.3 is 19.7 Å². The van der Waals surface area contributed by atoms with Gasteiger partial charge in [0.25, 0.3) is 0 Å². The van der Waals surface area contributed by atoms with Gasteiger partial charge in [0.05, 0.1) is 18.8 Å². The molecule has 1 aromatic rings. The molecule has 29 heavy (non-hydrogen) atoms. The number of halogens is 1. The summed E-state index contributed by atoms with van der Waals surface area (Å²) < 4.78 is 11.9. The summed E-state index contributed by atoms with van der Waals surface area (Å²) in [7, 11) is 1.88. The molecule has 0 aromatic heterocycles. The number of ether oxygens (including phenoxy) is 2. The molecule has 2 aliphatic heterocycles. The van der Waals surface area contributed by atoms with E-state index in [0.717, 1.165) is 64.5 Å². The summed E-state index contributed by atoms with van der Waals surface area (Å²) >= 11 is 0. The van der Waals surface area contributed by atoms with Crippen LogP contribution in [0.25, 0.3) is 0 Å². The number of piperidine rings is 1. The lowest BCUT2D eigenvalue weighted by Gasteiger charge is -2.35. The molecule has 2 saturated heterocycles. The highest BCUT2D eigenvalue weighted by Crippen LogP contribution is 2.20. The fraction of sp³-hybridized carbons (Fsp3) is 0.696. The molecule has 0 bridgehead atoms. The van der Waals surface area contributed by atoms with Crippen molar-refractivity contribution in [2.75, 3.05) is 39.9 Å². The maximum atomic E-state index is 6.15. The summed E-state index contributed by atoms with van der Waals surface area (Å²) in [5, 5.41) is 3.60. The Morgan fingerprint density at radius 3 is 2.59 bits per heavy atom. The van der Waals surface area contributed by atoms with Crippen LogP contribution in [0.2, 0.25) is 0 Å². The smallest absolute Gasteiger partial charge is 0.193 e. The van der Waals surface area contributed by atoms with E-state index in [-0.39, 0.29) is 24.0 Å². The lowest BCUT2D eigenvalue weighted by atomic mass is 9.96. The van der Waals surface area contributed by atoms with Crippen molar-refractivity contribution in [3.05, 3.63) is 35.9 Å². The molecule has 3 rings (SSSR count). The first-order valence-corrected chi connectivity index (χ1v) is 11.0. The van der Waals surface area contributed by atoms with E-state index < -0.39 is 0 Å². The number of benzene rings is 1. The van der Waals surface area contributed by atoms with Gasteiger partial charge in [-0.2, -0.15) is 0 Å². The molecule has 6 heteroatoms. The zero-order chi connectivity index (χ0) is 19.6. The van der Waals surface area contributed by atoms with Gasteiger partial charge in [-0.05, 0) is 44.1 Å². The van der Waals surface area contributed by atoms with Crippen molar-refractivity contribution in [2.45, 2.75) is 63.6 Å². The van der Waals surface area contributed by atoms with Gasteiger partial charge in [-0.15, -0.1) is 24.0 Å². The van der Waals surface area contributed by atoms with E-state index in [1.54, 1.807) is 0 Å². The molecular weight excluding hydrogens is 477 g/mol. The fourth-order valence-electron chi connectivity index (χ4n) is 4.19. The summed E-state index contributed by atoms with van der Waals surface area (Å²) in [4.78, 5) is 6.90. The molecule has 2 aliphatic rings. The Hall–Kier alpha value is -0.860. The topological polar surface area (TPSA) is 46.1 Å². The summed E-state index contributed by atoms with van der Waals surface area (Å²) in [6, 6.07) is 10.8. The SMILES string of the molecule is CCC(CNC(=NC)N1CCC(OCC2CCCCO2)CC1)c1ccccc1.I. The average Bonchev–Trinajstić information content (AvgIpc) is 2.77. The van der Waals surface area contributed by atoms with Gasteiger partial charge >= 0.3 is 0 Å². The third kappa shape index (κ3) is 7.72. The quantitative estimate of drug-likeness (QED) is 0.332. The van der Waals surface area contributed by atoms with Crippen LogP contribution in [-0.2, 0) is 9.47 Å². The molecule has 0 radical (unpaired) electrons. The number of nitrogens with zero attached hydrogens (tertiary/aromatic N) is 2. The van der Waals surface area contributed by atoms with E-state index in [1.165, 1.54) is 18.4 Å². The first-order valence-electron chi connectivity index (χ1n) is 11.0. The average molecular weight is 515 g/mol.